The molecule has 0 fully saturated rings. The second kappa shape index (κ2) is 4.04. The smallest absolute Gasteiger partial charge is 0.169 e. The number of benzene rings is 1. The van der Waals surface area contributed by atoms with Gasteiger partial charge in [0.2, 0.25) is 0 Å². The summed E-state index contributed by atoms with van der Waals surface area (Å²) in [5, 5.41) is 3.18. The minimum absolute atomic E-state index is 0.587. The Morgan fingerprint density at radius 3 is 2.67 bits per heavy atom. The van der Waals surface area contributed by atoms with Gasteiger partial charge in [0.15, 0.2) is 5.82 Å². The van der Waals surface area contributed by atoms with Gasteiger partial charge in [-0.05, 0) is 12.5 Å². The zero-order chi connectivity index (χ0) is 10.7. The summed E-state index contributed by atoms with van der Waals surface area (Å²) in [7, 11) is 0. The highest BCUT2D eigenvalue weighted by molar-refractivity contribution is 5.57. The predicted octanol–water partition coefficient (Wildman–Crippen LogP) is 1.91. The highest BCUT2D eigenvalue weighted by Crippen LogP contribution is 2.14. The normalized spacial score (nSPS) is 10.2. The fraction of sp³-hybridized carbons (Fsp3) is 0.182. The van der Waals surface area contributed by atoms with Crippen molar-refractivity contribution in [2.24, 2.45) is 0 Å². The molecular weight excluding hydrogens is 188 g/mol. The number of rotatable bonds is 3. The van der Waals surface area contributed by atoms with Crippen molar-refractivity contribution in [1.82, 2.24) is 9.97 Å². The molecule has 0 saturated heterocycles. The summed E-state index contributed by atoms with van der Waals surface area (Å²) >= 11 is 0. The molecule has 2 aromatic rings. The van der Waals surface area contributed by atoms with E-state index in [2.05, 4.69) is 27.4 Å². The lowest BCUT2D eigenvalue weighted by Crippen LogP contribution is -2.01. The molecule has 0 amide bonds. The van der Waals surface area contributed by atoms with Gasteiger partial charge in [-0.3, -0.25) is 0 Å². The molecule has 0 unspecified atom stereocenters. The lowest BCUT2D eigenvalue weighted by atomic mass is 10.2. The SMILES string of the molecule is Cc1nc(NCc2ccccc2)c(N)[nH]1. The molecule has 2 rings (SSSR count). The minimum atomic E-state index is 0.587. The van der Waals surface area contributed by atoms with E-state index in [9.17, 15) is 0 Å². The third-order valence-electron chi connectivity index (χ3n) is 2.15. The van der Waals surface area contributed by atoms with E-state index in [4.69, 9.17) is 5.73 Å². The Labute approximate surface area is 88.5 Å². The summed E-state index contributed by atoms with van der Waals surface area (Å²) < 4.78 is 0. The van der Waals surface area contributed by atoms with Crippen molar-refractivity contribution in [1.29, 1.82) is 0 Å². The summed E-state index contributed by atoms with van der Waals surface area (Å²) in [5.74, 6) is 2.13. The van der Waals surface area contributed by atoms with Crippen LogP contribution in [0.3, 0.4) is 0 Å². The van der Waals surface area contributed by atoms with E-state index in [-0.39, 0.29) is 0 Å². The summed E-state index contributed by atoms with van der Waals surface area (Å²) in [6.45, 7) is 2.61. The first-order chi connectivity index (χ1) is 7.25. The first-order valence-corrected chi connectivity index (χ1v) is 4.85. The van der Waals surface area contributed by atoms with Crippen LogP contribution >= 0.6 is 0 Å². The maximum atomic E-state index is 5.72. The molecule has 0 spiro atoms. The molecule has 15 heavy (non-hydrogen) atoms. The Bertz CT molecular complexity index is 433. The van der Waals surface area contributed by atoms with Crippen molar-refractivity contribution in [2.75, 3.05) is 11.1 Å². The van der Waals surface area contributed by atoms with Crippen molar-refractivity contribution in [2.45, 2.75) is 13.5 Å². The number of imidazole rings is 1. The number of nitrogen functional groups attached to an aromatic ring is 1. The molecule has 1 aromatic carbocycles. The van der Waals surface area contributed by atoms with Gasteiger partial charge >= 0.3 is 0 Å². The van der Waals surface area contributed by atoms with Crippen LogP contribution in [0.4, 0.5) is 11.6 Å². The van der Waals surface area contributed by atoms with Crippen LogP contribution in [0.5, 0.6) is 0 Å². The molecule has 4 heteroatoms. The summed E-state index contributed by atoms with van der Waals surface area (Å²) in [6.07, 6.45) is 0. The zero-order valence-electron chi connectivity index (χ0n) is 8.62. The third kappa shape index (κ3) is 2.28. The number of nitrogens with zero attached hydrogens (tertiary/aromatic N) is 1. The van der Waals surface area contributed by atoms with E-state index in [1.54, 1.807) is 0 Å². The molecule has 1 aromatic heterocycles. The molecule has 0 aliphatic rings. The highest BCUT2D eigenvalue weighted by atomic mass is 15.1. The topological polar surface area (TPSA) is 66.7 Å². The Morgan fingerprint density at radius 2 is 2.07 bits per heavy atom. The van der Waals surface area contributed by atoms with Gasteiger partial charge in [0, 0.05) is 6.54 Å². The molecule has 0 aliphatic carbocycles. The second-order valence-electron chi connectivity index (χ2n) is 3.42. The number of aryl methyl sites for hydroxylation is 1. The zero-order valence-corrected chi connectivity index (χ0v) is 8.62. The predicted molar refractivity (Wildman–Crippen MR) is 61.5 cm³/mol. The van der Waals surface area contributed by atoms with Crippen molar-refractivity contribution in [3.8, 4) is 0 Å². The lowest BCUT2D eigenvalue weighted by molar-refractivity contribution is 1.10. The molecule has 0 atom stereocenters. The van der Waals surface area contributed by atoms with Gasteiger partial charge in [0.05, 0.1) is 0 Å². The van der Waals surface area contributed by atoms with Gasteiger partial charge in [-0.15, -0.1) is 0 Å². The van der Waals surface area contributed by atoms with E-state index in [0.29, 0.717) is 5.82 Å². The second-order valence-corrected chi connectivity index (χ2v) is 3.42. The molecule has 0 aliphatic heterocycles. The molecular formula is C11H14N4. The number of H-pyrrole nitrogens is 1. The molecule has 0 saturated carbocycles. The van der Waals surface area contributed by atoms with Crippen LogP contribution in [0.2, 0.25) is 0 Å². The number of anilines is 2. The average Bonchev–Trinajstić information content (AvgIpc) is 2.56. The van der Waals surface area contributed by atoms with Crippen molar-refractivity contribution in [3.63, 3.8) is 0 Å². The van der Waals surface area contributed by atoms with Gasteiger partial charge in [0.25, 0.3) is 0 Å². The van der Waals surface area contributed by atoms with Crippen LogP contribution < -0.4 is 11.1 Å². The van der Waals surface area contributed by atoms with E-state index in [1.807, 2.05) is 25.1 Å². The minimum Gasteiger partial charge on any atom is -0.382 e. The Hall–Kier alpha value is -1.97. The number of nitrogens with two attached hydrogens (primary N) is 1. The number of nitrogens with one attached hydrogen (secondary N) is 2. The lowest BCUT2D eigenvalue weighted by Gasteiger charge is -2.03. The maximum Gasteiger partial charge on any atom is 0.169 e. The quantitative estimate of drug-likeness (QED) is 0.712. The Kier molecular flexibility index (Phi) is 2.58. The molecule has 78 valence electrons. The first-order valence-electron chi connectivity index (χ1n) is 4.85. The van der Waals surface area contributed by atoms with E-state index >= 15 is 0 Å². The molecule has 0 radical (unpaired) electrons. The van der Waals surface area contributed by atoms with Gasteiger partial charge in [0.1, 0.15) is 11.6 Å². The van der Waals surface area contributed by atoms with Crippen molar-refractivity contribution in [3.05, 3.63) is 41.7 Å². The molecule has 4 N–H and O–H groups in total. The third-order valence-corrected chi connectivity index (χ3v) is 2.15. The first kappa shape index (κ1) is 9.58. The van der Waals surface area contributed by atoms with E-state index in [0.717, 1.165) is 18.2 Å². The van der Waals surface area contributed by atoms with Crippen LogP contribution in [0.15, 0.2) is 30.3 Å². The number of hydrogen-bond acceptors (Lipinski definition) is 3. The summed E-state index contributed by atoms with van der Waals surface area (Å²) in [5.41, 5.74) is 6.93. The summed E-state index contributed by atoms with van der Waals surface area (Å²) in [4.78, 5) is 7.18. The maximum absolute atomic E-state index is 5.72. The van der Waals surface area contributed by atoms with Crippen molar-refractivity contribution >= 4 is 11.6 Å². The standard InChI is InChI=1S/C11H14N4/c1-8-14-10(12)11(15-8)13-7-9-5-3-2-4-6-9/h2-6,13H,7,12H2,1H3,(H,14,15). The average molecular weight is 202 g/mol. The monoisotopic (exact) mass is 202 g/mol. The number of hydrogen-bond donors (Lipinski definition) is 3. The fourth-order valence-corrected chi connectivity index (χ4v) is 1.43. The van der Waals surface area contributed by atoms with Gasteiger partial charge in [-0.1, -0.05) is 30.3 Å². The Balaban J connectivity index is 2.02. The van der Waals surface area contributed by atoms with Crippen LogP contribution in [-0.4, -0.2) is 9.97 Å². The van der Waals surface area contributed by atoms with E-state index < -0.39 is 0 Å². The van der Waals surface area contributed by atoms with Crippen LogP contribution in [0.1, 0.15) is 11.4 Å². The van der Waals surface area contributed by atoms with Crippen molar-refractivity contribution < 1.29 is 0 Å². The summed E-state index contributed by atoms with van der Waals surface area (Å²) in [6, 6.07) is 10.1. The Morgan fingerprint density at radius 1 is 1.33 bits per heavy atom. The molecule has 1 heterocycles. The van der Waals surface area contributed by atoms with Gasteiger partial charge in [-0.25, -0.2) is 4.98 Å². The van der Waals surface area contributed by atoms with Gasteiger partial charge < -0.3 is 16.0 Å². The molecule has 0 bridgehead atoms. The largest absolute Gasteiger partial charge is 0.382 e. The molecule has 4 nitrogen and oxygen atoms in total. The fourth-order valence-electron chi connectivity index (χ4n) is 1.43. The van der Waals surface area contributed by atoms with Crippen LogP contribution in [0.25, 0.3) is 0 Å². The number of aromatic amines is 1. The van der Waals surface area contributed by atoms with Gasteiger partial charge in [-0.2, -0.15) is 0 Å². The van der Waals surface area contributed by atoms with E-state index in [1.165, 1.54) is 5.56 Å². The van der Waals surface area contributed by atoms with Crippen LogP contribution in [-0.2, 0) is 6.54 Å². The number of aromatic nitrogens is 2. The van der Waals surface area contributed by atoms with Crippen LogP contribution in [0, 0.1) is 6.92 Å². The highest BCUT2D eigenvalue weighted by Gasteiger charge is 2.03.